The van der Waals surface area contributed by atoms with Crippen molar-refractivity contribution in [3.63, 3.8) is 0 Å². The minimum absolute atomic E-state index is 0.688. The molecule has 2 aromatic rings. The van der Waals surface area contributed by atoms with E-state index in [-0.39, 0.29) is 0 Å². The zero-order valence-corrected chi connectivity index (χ0v) is 12.7. The van der Waals surface area contributed by atoms with E-state index in [0.717, 1.165) is 25.3 Å². The molecular weight excluding hydrogens is 268 g/mol. The first-order valence-corrected chi connectivity index (χ1v) is 7.78. The van der Waals surface area contributed by atoms with Crippen LogP contribution in [0, 0.1) is 0 Å². The Balaban J connectivity index is 1.69. The first kappa shape index (κ1) is 15.0. The molecule has 0 aliphatic rings. The third-order valence-corrected chi connectivity index (χ3v) is 3.97. The number of ether oxygens (including phenoxy) is 1. The Bertz CT molecular complexity index is 482. The normalized spacial score (nSPS) is 10.9. The number of hydrogen-bond acceptors (Lipinski definition) is 4. The molecule has 0 fully saturated rings. The smallest absolute Gasteiger partial charge is 0.119 e. The van der Waals surface area contributed by atoms with Gasteiger partial charge in [-0.2, -0.15) is 0 Å². The molecule has 1 heterocycles. The van der Waals surface area contributed by atoms with E-state index in [1.165, 1.54) is 10.4 Å². The molecule has 0 aliphatic carbocycles. The Kier molecular flexibility index (Phi) is 6.05. The van der Waals surface area contributed by atoms with Crippen LogP contribution in [0.1, 0.15) is 10.4 Å². The summed E-state index contributed by atoms with van der Waals surface area (Å²) in [6.45, 7) is 3.30. The van der Waals surface area contributed by atoms with E-state index in [4.69, 9.17) is 10.5 Å². The Morgan fingerprint density at radius 2 is 2.00 bits per heavy atom. The zero-order chi connectivity index (χ0) is 14.2. The Hall–Kier alpha value is -1.36. The second-order valence-electron chi connectivity index (χ2n) is 4.85. The molecule has 2 N–H and O–H groups in total. The maximum Gasteiger partial charge on any atom is 0.119 e. The van der Waals surface area contributed by atoms with Gasteiger partial charge in [0.1, 0.15) is 12.4 Å². The fraction of sp³-hybridized carbons (Fsp3) is 0.375. The van der Waals surface area contributed by atoms with Crippen LogP contribution < -0.4 is 10.5 Å². The molecule has 2 rings (SSSR count). The molecule has 3 nitrogen and oxygen atoms in total. The summed E-state index contributed by atoms with van der Waals surface area (Å²) in [5, 5.41) is 2.11. The predicted molar refractivity (Wildman–Crippen MR) is 85.3 cm³/mol. The molecule has 0 unspecified atom stereocenters. The van der Waals surface area contributed by atoms with Gasteiger partial charge in [0.15, 0.2) is 0 Å². The molecule has 0 bridgehead atoms. The number of rotatable bonds is 8. The lowest BCUT2D eigenvalue weighted by Gasteiger charge is -2.16. The van der Waals surface area contributed by atoms with Crippen LogP contribution in [0.15, 0.2) is 41.8 Å². The van der Waals surface area contributed by atoms with E-state index in [9.17, 15) is 0 Å². The molecule has 0 aliphatic heterocycles. The predicted octanol–water partition coefficient (Wildman–Crippen LogP) is 2.76. The van der Waals surface area contributed by atoms with Crippen molar-refractivity contribution in [2.75, 3.05) is 26.7 Å². The largest absolute Gasteiger partial charge is 0.492 e. The molecule has 0 amide bonds. The lowest BCUT2D eigenvalue weighted by molar-refractivity contribution is 0.234. The van der Waals surface area contributed by atoms with Gasteiger partial charge in [0.05, 0.1) is 0 Å². The molecular formula is C16H22N2OS. The molecule has 0 saturated carbocycles. The first-order valence-electron chi connectivity index (χ1n) is 6.90. The van der Waals surface area contributed by atoms with Crippen molar-refractivity contribution in [3.05, 3.63) is 52.2 Å². The Morgan fingerprint density at radius 1 is 1.20 bits per heavy atom. The quantitative estimate of drug-likeness (QED) is 0.812. The minimum atomic E-state index is 0.688. The second kappa shape index (κ2) is 8.04. The van der Waals surface area contributed by atoms with Gasteiger partial charge in [-0.1, -0.05) is 18.2 Å². The van der Waals surface area contributed by atoms with E-state index in [1.807, 2.05) is 12.1 Å². The van der Waals surface area contributed by atoms with Crippen LogP contribution in [0.2, 0.25) is 0 Å². The number of nitrogens with zero attached hydrogens (tertiary/aromatic N) is 1. The van der Waals surface area contributed by atoms with Gasteiger partial charge in [0.2, 0.25) is 0 Å². The Labute approximate surface area is 125 Å². The molecule has 108 valence electrons. The second-order valence-corrected chi connectivity index (χ2v) is 5.88. The van der Waals surface area contributed by atoms with Gasteiger partial charge >= 0.3 is 0 Å². The summed E-state index contributed by atoms with van der Waals surface area (Å²) in [5.41, 5.74) is 6.79. The van der Waals surface area contributed by atoms with Crippen LogP contribution in [0.4, 0.5) is 0 Å². The fourth-order valence-electron chi connectivity index (χ4n) is 1.99. The molecule has 20 heavy (non-hydrogen) atoms. The molecule has 1 aromatic carbocycles. The van der Waals surface area contributed by atoms with E-state index >= 15 is 0 Å². The topological polar surface area (TPSA) is 38.5 Å². The lowest BCUT2D eigenvalue weighted by atomic mass is 10.1. The van der Waals surface area contributed by atoms with Gasteiger partial charge in [-0.05, 0) is 49.2 Å². The summed E-state index contributed by atoms with van der Waals surface area (Å²) in [6.07, 6.45) is 0.920. The van der Waals surface area contributed by atoms with Crippen molar-refractivity contribution in [1.29, 1.82) is 0 Å². The summed E-state index contributed by atoms with van der Waals surface area (Å²) in [7, 11) is 2.12. The van der Waals surface area contributed by atoms with Gasteiger partial charge in [-0.3, -0.25) is 4.90 Å². The van der Waals surface area contributed by atoms with Gasteiger partial charge in [0.25, 0.3) is 0 Å². The highest BCUT2D eigenvalue weighted by Crippen LogP contribution is 2.13. The van der Waals surface area contributed by atoms with Crippen molar-refractivity contribution in [3.8, 4) is 5.75 Å². The average molecular weight is 290 g/mol. The van der Waals surface area contributed by atoms with E-state index in [0.29, 0.717) is 13.2 Å². The molecule has 0 radical (unpaired) electrons. The standard InChI is InChI=1S/C16H22N2OS/c1-18(13-16-3-2-12-20-16)10-11-19-15-6-4-14(5-7-15)8-9-17/h2-7,12H,8-11,13,17H2,1H3. The van der Waals surface area contributed by atoms with Crippen LogP contribution in [0.3, 0.4) is 0 Å². The summed E-state index contributed by atoms with van der Waals surface area (Å²) in [4.78, 5) is 3.66. The van der Waals surface area contributed by atoms with Gasteiger partial charge in [0, 0.05) is 18.0 Å². The summed E-state index contributed by atoms with van der Waals surface area (Å²) < 4.78 is 5.76. The SMILES string of the molecule is CN(CCOc1ccc(CCN)cc1)Cc1cccs1. The summed E-state index contributed by atoms with van der Waals surface area (Å²) >= 11 is 1.79. The lowest BCUT2D eigenvalue weighted by Crippen LogP contribution is -2.23. The average Bonchev–Trinajstić information content (AvgIpc) is 2.94. The third-order valence-electron chi connectivity index (χ3n) is 3.10. The summed E-state index contributed by atoms with van der Waals surface area (Å²) in [5.74, 6) is 0.926. The monoisotopic (exact) mass is 290 g/mol. The number of nitrogens with two attached hydrogens (primary N) is 1. The number of benzene rings is 1. The molecule has 0 atom stereocenters. The van der Waals surface area contributed by atoms with Crippen molar-refractivity contribution >= 4 is 11.3 Å². The summed E-state index contributed by atoms with van der Waals surface area (Å²) in [6, 6.07) is 12.5. The van der Waals surface area contributed by atoms with Crippen LogP contribution in [0.5, 0.6) is 5.75 Å². The van der Waals surface area contributed by atoms with Crippen LogP contribution >= 0.6 is 11.3 Å². The highest BCUT2D eigenvalue weighted by molar-refractivity contribution is 7.09. The maximum atomic E-state index is 5.76. The van der Waals surface area contributed by atoms with E-state index in [1.54, 1.807) is 11.3 Å². The highest BCUT2D eigenvalue weighted by Gasteiger charge is 2.02. The molecule has 1 aromatic heterocycles. The minimum Gasteiger partial charge on any atom is -0.492 e. The molecule has 0 saturated heterocycles. The highest BCUT2D eigenvalue weighted by atomic mass is 32.1. The van der Waals surface area contributed by atoms with Crippen LogP contribution in [0.25, 0.3) is 0 Å². The third kappa shape index (κ3) is 4.96. The van der Waals surface area contributed by atoms with Crippen LogP contribution in [-0.4, -0.2) is 31.6 Å². The molecule has 0 spiro atoms. The number of hydrogen-bond donors (Lipinski definition) is 1. The van der Waals surface area contributed by atoms with Crippen molar-refractivity contribution in [1.82, 2.24) is 4.90 Å². The fourth-order valence-corrected chi connectivity index (χ4v) is 2.77. The number of likely N-dealkylation sites (N-methyl/N-ethyl adjacent to an activating group) is 1. The van der Waals surface area contributed by atoms with Gasteiger partial charge in [-0.15, -0.1) is 11.3 Å². The van der Waals surface area contributed by atoms with Gasteiger partial charge < -0.3 is 10.5 Å². The Morgan fingerprint density at radius 3 is 2.65 bits per heavy atom. The van der Waals surface area contributed by atoms with E-state index in [2.05, 4.69) is 41.6 Å². The van der Waals surface area contributed by atoms with Gasteiger partial charge in [-0.25, -0.2) is 0 Å². The zero-order valence-electron chi connectivity index (χ0n) is 11.9. The van der Waals surface area contributed by atoms with Crippen LogP contribution in [-0.2, 0) is 13.0 Å². The first-order chi connectivity index (χ1) is 9.78. The molecule has 4 heteroatoms. The maximum absolute atomic E-state index is 5.76. The number of thiophene rings is 1. The van der Waals surface area contributed by atoms with Crippen molar-refractivity contribution in [2.45, 2.75) is 13.0 Å². The van der Waals surface area contributed by atoms with Crippen molar-refractivity contribution in [2.24, 2.45) is 5.73 Å². The van der Waals surface area contributed by atoms with E-state index < -0.39 is 0 Å². The van der Waals surface area contributed by atoms with Crippen molar-refractivity contribution < 1.29 is 4.74 Å².